The fraction of sp³-hybridized carbons (Fsp3) is 0.400. The van der Waals surface area contributed by atoms with E-state index >= 15 is 0 Å². The standard InChI is InChI=1S/C20H25NO3/c1-21(2)12-11-15-7-10-18(23-3)20(24-4)19(15)17(21)13-14-5-8-16(22)9-6-14/h5-10,17H,11-13H2,1-4H3/p+1. The Morgan fingerprint density at radius 1 is 1.04 bits per heavy atom. The highest BCUT2D eigenvalue weighted by molar-refractivity contribution is 5.53. The number of hydrogen-bond donors (Lipinski definition) is 1. The molecule has 1 N–H and O–H groups in total. The molecule has 2 aromatic carbocycles. The van der Waals surface area contributed by atoms with Crippen LogP contribution >= 0.6 is 0 Å². The Kier molecular flexibility index (Phi) is 4.41. The highest BCUT2D eigenvalue weighted by atomic mass is 16.5. The quantitative estimate of drug-likeness (QED) is 0.875. The summed E-state index contributed by atoms with van der Waals surface area (Å²) < 4.78 is 12.2. The van der Waals surface area contributed by atoms with Crippen molar-refractivity contribution in [2.45, 2.75) is 18.9 Å². The second kappa shape index (κ2) is 6.36. The second-order valence-electron chi connectivity index (χ2n) is 7.01. The Labute approximate surface area is 143 Å². The lowest BCUT2D eigenvalue weighted by Gasteiger charge is -2.43. The van der Waals surface area contributed by atoms with Crippen LogP contribution in [0, 0.1) is 0 Å². The maximum Gasteiger partial charge on any atom is 0.170 e. The van der Waals surface area contributed by atoms with E-state index in [2.05, 4.69) is 20.2 Å². The first-order valence-electron chi connectivity index (χ1n) is 8.30. The van der Waals surface area contributed by atoms with E-state index in [9.17, 15) is 5.11 Å². The number of ether oxygens (including phenoxy) is 2. The fourth-order valence-corrected chi connectivity index (χ4v) is 3.69. The molecule has 1 heterocycles. The molecule has 0 bridgehead atoms. The number of phenolic OH excluding ortho intramolecular Hbond substituents is 1. The normalized spacial score (nSPS) is 18.8. The van der Waals surface area contributed by atoms with Gasteiger partial charge in [-0.05, 0) is 29.3 Å². The number of nitrogens with zero attached hydrogens (tertiary/aromatic N) is 1. The zero-order valence-corrected chi connectivity index (χ0v) is 14.9. The Morgan fingerprint density at radius 3 is 2.38 bits per heavy atom. The lowest BCUT2D eigenvalue weighted by Crippen LogP contribution is -2.48. The molecule has 0 spiro atoms. The van der Waals surface area contributed by atoms with E-state index in [0.717, 1.165) is 35.4 Å². The third-order valence-corrected chi connectivity index (χ3v) is 5.17. The summed E-state index contributed by atoms with van der Waals surface area (Å²) in [6, 6.07) is 11.9. The van der Waals surface area contributed by atoms with E-state index < -0.39 is 0 Å². The average Bonchev–Trinajstić information content (AvgIpc) is 2.58. The van der Waals surface area contributed by atoms with Crippen LogP contribution in [0.25, 0.3) is 0 Å². The molecule has 2 aromatic rings. The first kappa shape index (κ1) is 16.7. The summed E-state index contributed by atoms with van der Waals surface area (Å²) in [6.45, 7) is 1.09. The Bertz CT molecular complexity index is 722. The maximum atomic E-state index is 9.53. The van der Waals surface area contributed by atoms with E-state index in [1.807, 2.05) is 18.2 Å². The van der Waals surface area contributed by atoms with Crippen LogP contribution in [0.4, 0.5) is 0 Å². The van der Waals surface area contributed by atoms with Crippen molar-refractivity contribution in [2.75, 3.05) is 34.9 Å². The Hall–Kier alpha value is -2.20. The first-order chi connectivity index (χ1) is 11.5. The number of methoxy groups -OCH3 is 2. The summed E-state index contributed by atoms with van der Waals surface area (Å²) in [7, 11) is 7.94. The third kappa shape index (κ3) is 2.94. The molecule has 24 heavy (non-hydrogen) atoms. The van der Waals surface area contributed by atoms with Crippen LogP contribution in [-0.2, 0) is 12.8 Å². The first-order valence-corrected chi connectivity index (χ1v) is 8.30. The minimum Gasteiger partial charge on any atom is -0.508 e. The predicted octanol–water partition coefficient (Wildman–Crippen LogP) is 3.33. The van der Waals surface area contributed by atoms with Gasteiger partial charge in [0.1, 0.15) is 11.8 Å². The highest BCUT2D eigenvalue weighted by Gasteiger charge is 2.39. The molecule has 1 unspecified atom stereocenters. The summed E-state index contributed by atoms with van der Waals surface area (Å²) in [6.07, 6.45) is 1.93. The number of likely N-dealkylation sites (N-methyl/N-ethyl adjacent to an activating group) is 1. The highest BCUT2D eigenvalue weighted by Crippen LogP contribution is 2.45. The molecule has 0 aliphatic carbocycles. The molecule has 0 aromatic heterocycles. The maximum absolute atomic E-state index is 9.53. The van der Waals surface area contributed by atoms with Crippen LogP contribution in [0.1, 0.15) is 22.7 Å². The molecule has 0 amide bonds. The monoisotopic (exact) mass is 328 g/mol. The minimum atomic E-state index is 0.281. The number of quaternary nitrogens is 1. The molecule has 0 fully saturated rings. The second-order valence-corrected chi connectivity index (χ2v) is 7.01. The van der Waals surface area contributed by atoms with Gasteiger partial charge < -0.3 is 19.1 Å². The van der Waals surface area contributed by atoms with Gasteiger partial charge in [0.2, 0.25) is 0 Å². The van der Waals surface area contributed by atoms with Crippen molar-refractivity contribution in [1.29, 1.82) is 0 Å². The molecule has 0 saturated heterocycles. The van der Waals surface area contributed by atoms with Gasteiger partial charge in [0, 0.05) is 12.8 Å². The van der Waals surface area contributed by atoms with Crippen molar-refractivity contribution < 1.29 is 19.1 Å². The predicted molar refractivity (Wildman–Crippen MR) is 94.8 cm³/mol. The molecule has 4 nitrogen and oxygen atoms in total. The summed E-state index contributed by atoms with van der Waals surface area (Å²) in [5.41, 5.74) is 3.80. The molecule has 4 heteroatoms. The molecule has 3 rings (SSSR count). The lowest BCUT2D eigenvalue weighted by atomic mass is 9.86. The van der Waals surface area contributed by atoms with Gasteiger partial charge in [0.25, 0.3) is 0 Å². The SMILES string of the molecule is COc1ccc2c(c1OC)C(Cc1ccc(O)cc1)[N+](C)(C)CC2. The topological polar surface area (TPSA) is 38.7 Å². The molecule has 1 atom stereocenters. The molecular weight excluding hydrogens is 302 g/mol. The number of rotatable bonds is 4. The van der Waals surface area contributed by atoms with Crippen molar-refractivity contribution in [3.05, 3.63) is 53.1 Å². The van der Waals surface area contributed by atoms with Crippen LogP contribution < -0.4 is 9.47 Å². The average molecular weight is 328 g/mol. The van der Waals surface area contributed by atoms with Gasteiger partial charge in [0.05, 0.1) is 40.4 Å². The van der Waals surface area contributed by atoms with E-state index in [0.29, 0.717) is 5.75 Å². The number of hydrogen-bond acceptors (Lipinski definition) is 3. The fourth-order valence-electron chi connectivity index (χ4n) is 3.69. The third-order valence-electron chi connectivity index (χ3n) is 5.17. The minimum absolute atomic E-state index is 0.281. The zero-order chi connectivity index (χ0) is 17.3. The van der Waals surface area contributed by atoms with E-state index in [1.165, 1.54) is 16.7 Å². The van der Waals surface area contributed by atoms with Gasteiger partial charge in [-0.25, -0.2) is 0 Å². The van der Waals surface area contributed by atoms with E-state index in [-0.39, 0.29) is 6.04 Å². The van der Waals surface area contributed by atoms with E-state index in [4.69, 9.17) is 9.47 Å². The number of fused-ring (bicyclic) bond motifs is 1. The summed E-state index contributed by atoms with van der Waals surface area (Å²) in [4.78, 5) is 0. The molecule has 1 aliphatic heterocycles. The smallest absolute Gasteiger partial charge is 0.170 e. The number of aromatic hydroxyl groups is 1. The van der Waals surface area contributed by atoms with Crippen LogP contribution in [-0.4, -0.2) is 44.4 Å². The Morgan fingerprint density at radius 2 is 1.75 bits per heavy atom. The zero-order valence-electron chi connectivity index (χ0n) is 14.9. The number of benzene rings is 2. The number of phenols is 1. The van der Waals surface area contributed by atoms with Crippen molar-refractivity contribution >= 4 is 0 Å². The summed E-state index contributed by atoms with van der Waals surface area (Å²) in [5, 5.41) is 9.53. The van der Waals surface area contributed by atoms with Crippen molar-refractivity contribution in [3.63, 3.8) is 0 Å². The van der Waals surface area contributed by atoms with Gasteiger partial charge in [-0.15, -0.1) is 0 Å². The lowest BCUT2D eigenvalue weighted by molar-refractivity contribution is -0.923. The van der Waals surface area contributed by atoms with Gasteiger partial charge in [0.15, 0.2) is 11.5 Å². The van der Waals surface area contributed by atoms with Crippen LogP contribution in [0.15, 0.2) is 36.4 Å². The summed E-state index contributed by atoms with van der Waals surface area (Å²) >= 11 is 0. The van der Waals surface area contributed by atoms with Crippen LogP contribution in [0.5, 0.6) is 17.2 Å². The van der Waals surface area contributed by atoms with Gasteiger partial charge in [-0.2, -0.15) is 0 Å². The summed E-state index contributed by atoms with van der Waals surface area (Å²) in [5.74, 6) is 1.94. The molecule has 0 radical (unpaired) electrons. The molecule has 1 aliphatic rings. The van der Waals surface area contributed by atoms with Crippen LogP contribution in [0.2, 0.25) is 0 Å². The van der Waals surface area contributed by atoms with Gasteiger partial charge in [-0.1, -0.05) is 18.2 Å². The molecule has 0 saturated carbocycles. The molecule has 128 valence electrons. The van der Waals surface area contributed by atoms with Crippen molar-refractivity contribution in [3.8, 4) is 17.2 Å². The van der Waals surface area contributed by atoms with Crippen molar-refractivity contribution in [1.82, 2.24) is 0 Å². The van der Waals surface area contributed by atoms with E-state index in [1.54, 1.807) is 26.4 Å². The Balaban J connectivity index is 2.08. The van der Waals surface area contributed by atoms with Gasteiger partial charge in [-0.3, -0.25) is 0 Å². The largest absolute Gasteiger partial charge is 0.508 e. The van der Waals surface area contributed by atoms with Crippen LogP contribution in [0.3, 0.4) is 0 Å². The molecular formula is C20H26NO3+. The van der Waals surface area contributed by atoms with Gasteiger partial charge >= 0.3 is 0 Å². The van der Waals surface area contributed by atoms with Crippen molar-refractivity contribution in [2.24, 2.45) is 0 Å².